The molecule has 0 radical (unpaired) electrons. The van der Waals surface area contributed by atoms with Gasteiger partial charge in [-0.15, -0.1) is 0 Å². The molecule has 0 bridgehead atoms. The van der Waals surface area contributed by atoms with Gasteiger partial charge in [-0.25, -0.2) is 0 Å². The Morgan fingerprint density at radius 2 is 2.33 bits per heavy atom. The lowest BCUT2D eigenvalue weighted by Crippen LogP contribution is -1.97. The van der Waals surface area contributed by atoms with Crippen LogP contribution in [0.25, 0.3) is 0 Å². The van der Waals surface area contributed by atoms with E-state index in [4.69, 9.17) is 0 Å². The SMILES string of the molecule is C/C=C\C1CC=CCC1. The summed E-state index contributed by atoms with van der Waals surface area (Å²) in [6, 6.07) is 0. The van der Waals surface area contributed by atoms with Crippen molar-refractivity contribution in [1.82, 2.24) is 0 Å². The van der Waals surface area contributed by atoms with Gasteiger partial charge in [-0.05, 0) is 32.1 Å². The van der Waals surface area contributed by atoms with Gasteiger partial charge in [0.05, 0.1) is 0 Å². The molecule has 0 heterocycles. The number of hydrogen-bond acceptors (Lipinski definition) is 0. The lowest BCUT2D eigenvalue weighted by Gasteiger charge is -2.11. The zero-order chi connectivity index (χ0) is 6.53. The van der Waals surface area contributed by atoms with Crippen LogP contribution >= 0.6 is 0 Å². The van der Waals surface area contributed by atoms with Crippen LogP contribution in [0.5, 0.6) is 0 Å². The van der Waals surface area contributed by atoms with Crippen molar-refractivity contribution in [3.63, 3.8) is 0 Å². The molecule has 0 nitrogen and oxygen atoms in total. The fourth-order valence-corrected chi connectivity index (χ4v) is 1.26. The van der Waals surface area contributed by atoms with E-state index in [9.17, 15) is 0 Å². The Bertz CT molecular complexity index is 120. The lowest BCUT2D eigenvalue weighted by molar-refractivity contribution is 0.583. The Hall–Kier alpha value is -0.520. The van der Waals surface area contributed by atoms with E-state index in [0.717, 1.165) is 5.92 Å². The molecule has 0 N–H and O–H groups in total. The van der Waals surface area contributed by atoms with E-state index in [-0.39, 0.29) is 0 Å². The summed E-state index contributed by atoms with van der Waals surface area (Å²) >= 11 is 0. The van der Waals surface area contributed by atoms with Crippen LogP contribution in [0.1, 0.15) is 26.2 Å². The van der Waals surface area contributed by atoms with Crippen LogP contribution in [-0.2, 0) is 0 Å². The summed E-state index contributed by atoms with van der Waals surface area (Å²) in [6.07, 6.45) is 12.9. The number of rotatable bonds is 1. The minimum absolute atomic E-state index is 0.833. The monoisotopic (exact) mass is 122 g/mol. The first kappa shape index (κ1) is 6.60. The second kappa shape index (κ2) is 3.49. The van der Waals surface area contributed by atoms with Crippen LogP contribution < -0.4 is 0 Å². The minimum atomic E-state index is 0.833. The van der Waals surface area contributed by atoms with E-state index >= 15 is 0 Å². The largest absolute Gasteiger partial charge is 0.0914 e. The summed E-state index contributed by atoms with van der Waals surface area (Å²) in [5.74, 6) is 0.833. The summed E-state index contributed by atoms with van der Waals surface area (Å²) in [4.78, 5) is 0. The summed E-state index contributed by atoms with van der Waals surface area (Å²) < 4.78 is 0. The quantitative estimate of drug-likeness (QED) is 0.469. The normalized spacial score (nSPS) is 27.4. The van der Waals surface area contributed by atoms with E-state index in [1.54, 1.807) is 0 Å². The molecule has 0 aromatic rings. The maximum atomic E-state index is 2.31. The molecule has 0 amide bonds. The van der Waals surface area contributed by atoms with Crippen molar-refractivity contribution in [3.8, 4) is 0 Å². The van der Waals surface area contributed by atoms with Gasteiger partial charge in [-0.2, -0.15) is 0 Å². The van der Waals surface area contributed by atoms with Crippen molar-refractivity contribution < 1.29 is 0 Å². The Balaban J connectivity index is 2.35. The van der Waals surface area contributed by atoms with Gasteiger partial charge < -0.3 is 0 Å². The maximum absolute atomic E-state index is 2.31. The van der Waals surface area contributed by atoms with Crippen LogP contribution in [0.15, 0.2) is 24.3 Å². The molecule has 1 rings (SSSR count). The molecule has 1 atom stereocenters. The van der Waals surface area contributed by atoms with Crippen LogP contribution in [0, 0.1) is 5.92 Å². The van der Waals surface area contributed by atoms with Crippen molar-refractivity contribution in [2.75, 3.05) is 0 Å². The molecular formula is C9H14. The molecular weight excluding hydrogens is 108 g/mol. The summed E-state index contributed by atoms with van der Waals surface area (Å²) in [6.45, 7) is 2.10. The Morgan fingerprint density at radius 1 is 1.44 bits per heavy atom. The van der Waals surface area contributed by atoms with Gasteiger partial charge in [0.25, 0.3) is 0 Å². The molecule has 1 unspecified atom stereocenters. The van der Waals surface area contributed by atoms with E-state index in [0.29, 0.717) is 0 Å². The first-order valence-corrected chi connectivity index (χ1v) is 3.71. The fourth-order valence-electron chi connectivity index (χ4n) is 1.26. The maximum Gasteiger partial charge on any atom is -0.0196 e. The highest BCUT2D eigenvalue weighted by Gasteiger charge is 2.03. The van der Waals surface area contributed by atoms with Crippen molar-refractivity contribution in [2.24, 2.45) is 5.92 Å². The summed E-state index contributed by atoms with van der Waals surface area (Å²) in [5, 5.41) is 0. The van der Waals surface area contributed by atoms with E-state index in [1.807, 2.05) is 0 Å². The molecule has 0 saturated carbocycles. The molecule has 9 heavy (non-hydrogen) atoms. The predicted octanol–water partition coefficient (Wildman–Crippen LogP) is 2.92. The first-order valence-electron chi connectivity index (χ1n) is 3.71. The lowest BCUT2D eigenvalue weighted by atomic mass is 9.94. The van der Waals surface area contributed by atoms with Gasteiger partial charge in [0.2, 0.25) is 0 Å². The van der Waals surface area contributed by atoms with Gasteiger partial charge in [-0.3, -0.25) is 0 Å². The van der Waals surface area contributed by atoms with Gasteiger partial charge in [-0.1, -0.05) is 24.3 Å². The third kappa shape index (κ3) is 2.05. The van der Waals surface area contributed by atoms with Crippen LogP contribution in [0.3, 0.4) is 0 Å². The van der Waals surface area contributed by atoms with Crippen LogP contribution in [-0.4, -0.2) is 0 Å². The molecule has 1 aliphatic carbocycles. The highest BCUT2D eigenvalue weighted by atomic mass is 14.1. The number of hydrogen-bond donors (Lipinski definition) is 0. The second-order valence-corrected chi connectivity index (χ2v) is 2.57. The molecule has 1 aliphatic rings. The molecule has 0 spiro atoms. The molecule has 0 fully saturated rings. The summed E-state index contributed by atoms with van der Waals surface area (Å²) in [7, 11) is 0. The smallest absolute Gasteiger partial charge is 0.0196 e. The van der Waals surface area contributed by atoms with Gasteiger partial charge in [0, 0.05) is 0 Å². The van der Waals surface area contributed by atoms with Crippen molar-refractivity contribution in [3.05, 3.63) is 24.3 Å². The predicted molar refractivity (Wildman–Crippen MR) is 41.3 cm³/mol. The average molecular weight is 122 g/mol. The van der Waals surface area contributed by atoms with Gasteiger partial charge >= 0.3 is 0 Å². The Labute approximate surface area is 57.3 Å². The molecule has 0 heteroatoms. The zero-order valence-corrected chi connectivity index (χ0v) is 6.01. The third-order valence-corrected chi connectivity index (χ3v) is 1.77. The van der Waals surface area contributed by atoms with Gasteiger partial charge in [0.15, 0.2) is 0 Å². The topological polar surface area (TPSA) is 0 Å². The van der Waals surface area contributed by atoms with Crippen molar-refractivity contribution in [2.45, 2.75) is 26.2 Å². The number of allylic oxidation sites excluding steroid dienone is 4. The van der Waals surface area contributed by atoms with Crippen LogP contribution in [0.4, 0.5) is 0 Å². The van der Waals surface area contributed by atoms with E-state index < -0.39 is 0 Å². The van der Waals surface area contributed by atoms with E-state index in [2.05, 4.69) is 31.2 Å². The molecule has 50 valence electrons. The molecule has 0 aromatic heterocycles. The third-order valence-electron chi connectivity index (χ3n) is 1.77. The second-order valence-electron chi connectivity index (χ2n) is 2.57. The van der Waals surface area contributed by atoms with E-state index in [1.165, 1.54) is 19.3 Å². The van der Waals surface area contributed by atoms with Gasteiger partial charge in [0.1, 0.15) is 0 Å². The highest BCUT2D eigenvalue weighted by molar-refractivity contribution is 4.97. The average Bonchev–Trinajstić information content (AvgIpc) is 1.91. The standard InChI is InChI=1S/C9H14/c1-2-6-9-7-4-3-5-8-9/h2-4,6,9H,5,7-8H2,1H3/b6-2-. The minimum Gasteiger partial charge on any atom is -0.0914 e. The molecule has 0 aliphatic heterocycles. The molecule has 0 aromatic carbocycles. The van der Waals surface area contributed by atoms with Crippen molar-refractivity contribution >= 4 is 0 Å². The molecule has 0 saturated heterocycles. The summed E-state index contributed by atoms with van der Waals surface area (Å²) in [5.41, 5.74) is 0. The Kier molecular flexibility index (Phi) is 2.56. The first-order chi connectivity index (χ1) is 4.43. The van der Waals surface area contributed by atoms with Crippen LogP contribution in [0.2, 0.25) is 0 Å². The highest BCUT2D eigenvalue weighted by Crippen LogP contribution is 2.18. The Morgan fingerprint density at radius 3 is 2.89 bits per heavy atom. The fraction of sp³-hybridized carbons (Fsp3) is 0.556. The van der Waals surface area contributed by atoms with Crippen molar-refractivity contribution in [1.29, 1.82) is 0 Å². The zero-order valence-electron chi connectivity index (χ0n) is 6.01.